The van der Waals surface area contributed by atoms with Crippen LogP contribution in [0.5, 0.6) is 0 Å². The minimum absolute atomic E-state index is 0.0281. The summed E-state index contributed by atoms with van der Waals surface area (Å²) in [6, 6.07) is 6.30. The SMILES string of the molecule is CC(C)CC(CNC(=O)c1ccc2c(c1)CCN2)N(C)C. The van der Waals surface area contributed by atoms with Crippen LogP contribution in [-0.4, -0.2) is 44.0 Å². The molecular formula is C17H27N3O. The standard InChI is InChI=1S/C17H27N3O/c1-12(2)9-15(20(3)4)11-19-17(21)14-5-6-16-13(10-14)7-8-18-16/h5-6,10,12,15,18H,7-9,11H2,1-4H3,(H,19,21). The number of nitrogens with one attached hydrogen (secondary N) is 2. The summed E-state index contributed by atoms with van der Waals surface area (Å²) in [5.41, 5.74) is 3.17. The van der Waals surface area contributed by atoms with Gasteiger partial charge in [-0.15, -0.1) is 0 Å². The summed E-state index contributed by atoms with van der Waals surface area (Å²) in [5.74, 6) is 0.653. The molecule has 0 radical (unpaired) electrons. The van der Waals surface area contributed by atoms with E-state index < -0.39 is 0 Å². The van der Waals surface area contributed by atoms with Gasteiger partial charge in [0, 0.05) is 30.4 Å². The lowest BCUT2D eigenvalue weighted by Crippen LogP contribution is -2.41. The molecule has 0 bridgehead atoms. The van der Waals surface area contributed by atoms with E-state index >= 15 is 0 Å². The quantitative estimate of drug-likeness (QED) is 0.845. The lowest BCUT2D eigenvalue weighted by atomic mass is 10.0. The molecular weight excluding hydrogens is 262 g/mol. The van der Waals surface area contributed by atoms with E-state index in [1.807, 2.05) is 18.2 Å². The highest BCUT2D eigenvalue weighted by atomic mass is 16.1. The van der Waals surface area contributed by atoms with Gasteiger partial charge in [-0.3, -0.25) is 4.79 Å². The molecule has 2 rings (SSSR count). The Bertz CT molecular complexity index is 497. The molecule has 0 saturated carbocycles. The van der Waals surface area contributed by atoms with E-state index in [4.69, 9.17) is 0 Å². The van der Waals surface area contributed by atoms with Crippen molar-refractivity contribution >= 4 is 11.6 Å². The number of rotatable bonds is 6. The van der Waals surface area contributed by atoms with Gasteiger partial charge in [0.25, 0.3) is 5.91 Å². The second-order valence-corrected chi connectivity index (χ2v) is 6.51. The molecule has 1 atom stereocenters. The molecule has 21 heavy (non-hydrogen) atoms. The number of benzene rings is 1. The fourth-order valence-electron chi connectivity index (χ4n) is 2.78. The lowest BCUT2D eigenvalue weighted by molar-refractivity contribution is 0.0938. The highest BCUT2D eigenvalue weighted by Crippen LogP contribution is 2.22. The van der Waals surface area contributed by atoms with Crippen LogP contribution in [0.25, 0.3) is 0 Å². The van der Waals surface area contributed by atoms with E-state index in [-0.39, 0.29) is 5.91 Å². The Kier molecular flexibility index (Phi) is 5.23. The monoisotopic (exact) mass is 289 g/mol. The van der Waals surface area contributed by atoms with E-state index in [2.05, 4.69) is 43.5 Å². The molecule has 1 unspecified atom stereocenters. The van der Waals surface area contributed by atoms with Crippen molar-refractivity contribution in [3.8, 4) is 0 Å². The zero-order chi connectivity index (χ0) is 15.4. The summed E-state index contributed by atoms with van der Waals surface area (Å²) in [6.07, 6.45) is 2.09. The first kappa shape index (κ1) is 15.8. The van der Waals surface area contributed by atoms with Crippen LogP contribution in [0.1, 0.15) is 36.2 Å². The molecule has 2 N–H and O–H groups in total. The van der Waals surface area contributed by atoms with Crippen molar-refractivity contribution in [1.29, 1.82) is 0 Å². The molecule has 1 aliphatic heterocycles. The Morgan fingerprint density at radius 1 is 1.38 bits per heavy atom. The van der Waals surface area contributed by atoms with E-state index in [1.54, 1.807) is 0 Å². The van der Waals surface area contributed by atoms with Gasteiger partial charge < -0.3 is 15.5 Å². The van der Waals surface area contributed by atoms with Gasteiger partial charge in [0.05, 0.1) is 0 Å². The predicted octanol–water partition coefficient (Wildman–Crippen LogP) is 2.36. The highest BCUT2D eigenvalue weighted by Gasteiger charge is 2.17. The second-order valence-electron chi connectivity index (χ2n) is 6.51. The maximum Gasteiger partial charge on any atom is 0.251 e. The average Bonchev–Trinajstić information content (AvgIpc) is 2.89. The Morgan fingerprint density at radius 2 is 2.14 bits per heavy atom. The third kappa shape index (κ3) is 4.21. The summed E-state index contributed by atoms with van der Waals surface area (Å²) in [4.78, 5) is 14.5. The Labute approximate surface area is 127 Å². The number of amides is 1. The third-order valence-electron chi connectivity index (χ3n) is 4.05. The lowest BCUT2D eigenvalue weighted by Gasteiger charge is -2.26. The molecule has 4 heteroatoms. The van der Waals surface area contributed by atoms with Gasteiger partial charge in [-0.1, -0.05) is 13.8 Å². The number of hydrogen-bond donors (Lipinski definition) is 2. The van der Waals surface area contributed by atoms with Crippen LogP contribution < -0.4 is 10.6 Å². The third-order valence-corrected chi connectivity index (χ3v) is 4.05. The van der Waals surface area contributed by atoms with Gasteiger partial charge in [-0.05, 0) is 56.6 Å². The van der Waals surface area contributed by atoms with Crippen molar-refractivity contribution < 1.29 is 4.79 Å². The topological polar surface area (TPSA) is 44.4 Å². The van der Waals surface area contributed by atoms with Crippen LogP contribution >= 0.6 is 0 Å². The Balaban J connectivity index is 1.94. The van der Waals surface area contributed by atoms with Crippen molar-refractivity contribution in [3.05, 3.63) is 29.3 Å². The smallest absolute Gasteiger partial charge is 0.251 e. The molecule has 0 spiro atoms. The highest BCUT2D eigenvalue weighted by molar-refractivity contribution is 5.95. The predicted molar refractivity (Wildman–Crippen MR) is 87.9 cm³/mol. The fraction of sp³-hybridized carbons (Fsp3) is 0.588. The van der Waals surface area contributed by atoms with Crippen molar-refractivity contribution in [3.63, 3.8) is 0 Å². The largest absolute Gasteiger partial charge is 0.384 e. The van der Waals surface area contributed by atoms with Crippen LogP contribution in [0, 0.1) is 5.92 Å². The second kappa shape index (κ2) is 6.94. The number of carbonyl (C=O) groups excluding carboxylic acids is 1. The molecule has 1 aliphatic rings. The molecule has 1 amide bonds. The summed E-state index contributed by atoms with van der Waals surface area (Å²) >= 11 is 0. The number of nitrogens with zero attached hydrogens (tertiary/aromatic N) is 1. The van der Waals surface area contributed by atoms with E-state index in [9.17, 15) is 4.79 Å². The van der Waals surface area contributed by atoms with Crippen LogP contribution in [0.2, 0.25) is 0 Å². The minimum Gasteiger partial charge on any atom is -0.384 e. The maximum atomic E-state index is 12.3. The zero-order valence-electron chi connectivity index (χ0n) is 13.6. The molecule has 0 fully saturated rings. The molecule has 116 valence electrons. The first-order valence-corrected chi connectivity index (χ1v) is 7.78. The molecule has 0 aromatic heterocycles. The van der Waals surface area contributed by atoms with E-state index in [0.717, 1.165) is 30.6 Å². The molecule has 1 aromatic carbocycles. The van der Waals surface area contributed by atoms with Gasteiger partial charge in [0.1, 0.15) is 0 Å². The van der Waals surface area contributed by atoms with Gasteiger partial charge in [0.2, 0.25) is 0 Å². The Hall–Kier alpha value is -1.55. The van der Waals surface area contributed by atoms with Crippen LogP contribution in [0.3, 0.4) is 0 Å². The van der Waals surface area contributed by atoms with Gasteiger partial charge in [-0.2, -0.15) is 0 Å². The number of anilines is 1. The molecule has 0 saturated heterocycles. The zero-order valence-corrected chi connectivity index (χ0v) is 13.6. The number of hydrogen-bond acceptors (Lipinski definition) is 3. The van der Waals surface area contributed by atoms with Crippen molar-refractivity contribution in [1.82, 2.24) is 10.2 Å². The summed E-state index contributed by atoms with van der Waals surface area (Å²) in [5, 5.41) is 6.39. The number of fused-ring (bicyclic) bond motifs is 1. The fourth-order valence-corrected chi connectivity index (χ4v) is 2.78. The van der Waals surface area contributed by atoms with Crippen molar-refractivity contribution in [2.75, 3.05) is 32.5 Å². The first-order valence-electron chi connectivity index (χ1n) is 7.78. The Morgan fingerprint density at radius 3 is 2.81 bits per heavy atom. The van der Waals surface area contributed by atoms with Crippen LogP contribution in [0.15, 0.2) is 18.2 Å². The van der Waals surface area contributed by atoms with Crippen molar-refractivity contribution in [2.24, 2.45) is 5.92 Å². The maximum absolute atomic E-state index is 12.3. The summed E-state index contributed by atoms with van der Waals surface area (Å²) in [6.45, 7) is 6.09. The average molecular weight is 289 g/mol. The number of carbonyl (C=O) groups is 1. The molecule has 1 heterocycles. The summed E-state index contributed by atoms with van der Waals surface area (Å²) in [7, 11) is 4.14. The van der Waals surface area contributed by atoms with E-state index in [1.165, 1.54) is 5.56 Å². The first-order chi connectivity index (χ1) is 9.97. The summed E-state index contributed by atoms with van der Waals surface area (Å²) < 4.78 is 0. The number of likely N-dealkylation sites (N-methyl/N-ethyl adjacent to an activating group) is 1. The van der Waals surface area contributed by atoms with Crippen molar-refractivity contribution in [2.45, 2.75) is 32.7 Å². The van der Waals surface area contributed by atoms with Gasteiger partial charge in [0.15, 0.2) is 0 Å². The molecule has 0 aliphatic carbocycles. The molecule has 1 aromatic rings. The van der Waals surface area contributed by atoms with Crippen LogP contribution in [0.4, 0.5) is 5.69 Å². The van der Waals surface area contributed by atoms with Gasteiger partial charge in [-0.25, -0.2) is 0 Å². The van der Waals surface area contributed by atoms with Gasteiger partial charge >= 0.3 is 0 Å². The van der Waals surface area contributed by atoms with Crippen LogP contribution in [-0.2, 0) is 6.42 Å². The van der Waals surface area contributed by atoms with E-state index in [0.29, 0.717) is 18.5 Å². The normalized spacial score (nSPS) is 15.0. The molecule has 4 nitrogen and oxygen atoms in total. The minimum atomic E-state index is 0.0281.